The molecule has 0 radical (unpaired) electrons. The molecule has 3 rings (SSSR count). The van der Waals surface area contributed by atoms with E-state index in [-0.39, 0.29) is 5.91 Å². The molecule has 1 aliphatic heterocycles. The second-order valence-corrected chi connectivity index (χ2v) is 7.23. The lowest BCUT2D eigenvalue weighted by Gasteiger charge is -2.24. The summed E-state index contributed by atoms with van der Waals surface area (Å²) in [6.07, 6.45) is 2.22. The van der Waals surface area contributed by atoms with Gasteiger partial charge in [0.2, 0.25) is 11.0 Å². The SMILES string of the molecule is Cc1cc(C)n(C[C@H]2CCCN2CC(=O)Nc2nnc(C)s2)n1. The van der Waals surface area contributed by atoms with E-state index in [0.29, 0.717) is 17.7 Å². The number of aromatic nitrogens is 4. The standard InChI is InChI=1S/C15H22N6OS/c1-10-7-11(2)21(19-10)8-13-5-4-6-20(13)9-14(22)16-15-18-17-12(3)23-15/h7,13H,4-6,8-9H2,1-3H3,(H,16,18,22)/t13-/m1/s1. The Bertz CT molecular complexity index is 694. The fourth-order valence-electron chi connectivity index (χ4n) is 3.06. The number of carbonyl (C=O) groups excluding carboxylic acids is 1. The second-order valence-electron chi connectivity index (χ2n) is 6.05. The summed E-state index contributed by atoms with van der Waals surface area (Å²) in [7, 11) is 0. The quantitative estimate of drug-likeness (QED) is 0.902. The van der Waals surface area contributed by atoms with Crippen molar-refractivity contribution >= 4 is 22.4 Å². The molecular weight excluding hydrogens is 312 g/mol. The Morgan fingerprint density at radius 3 is 2.87 bits per heavy atom. The molecule has 1 amide bonds. The molecule has 1 atom stereocenters. The molecule has 1 saturated heterocycles. The zero-order chi connectivity index (χ0) is 16.4. The molecule has 0 aliphatic carbocycles. The van der Waals surface area contributed by atoms with Crippen molar-refractivity contribution in [2.45, 2.75) is 46.2 Å². The van der Waals surface area contributed by atoms with E-state index in [1.807, 2.05) is 18.5 Å². The summed E-state index contributed by atoms with van der Waals surface area (Å²) >= 11 is 1.40. The summed E-state index contributed by atoms with van der Waals surface area (Å²) in [6.45, 7) is 8.13. The van der Waals surface area contributed by atoms with E-state index in [4.69, 9.17) is 0 Å². The fraction of sp³-hybridized carbons (Fsp3) is 0.600. The topological polar surface area (TPSA) is 75.9 Å². The first-order valence-electron chi connectivity index (χ1n) is 7.86. The van der Waals surface area contributed by atoms with Gasteiger partial charge in [0.1, 0.15) is 5.01 Å². The van der Waals surface area contributed by atoms with Crippen molar-refractivity contribution < 1.29 is 4.79 Å². The average molecular weight is 334 g/mol. The second kappa shape index (κ2) is 6.76. The van der Waals surface area contributed by atoms with E-state index in [0.717, 1.165) is 36.6 Å². The number of hydrogen-bond donors (Lipinski definition) is 1. The van der Waals surface area contributed by atoms with E-state index < -0.39 is 0 Å². The van der Waals surface area contributed by atoms with Crippen LogP contribution in [0.3, 0.4) is 0 Å². The van der Waals surface area contributed by atoms with Gasteiger partial charge in [0.05, 0.1) is 18.8 Å². The van der Waals surface area contributed by atoms with Crippen LogP contribution >= 0.6 is 11.3 Å². The smallest absolute Gasteiger partial charge is 0.240 e. The average Bonchev–Trinajstić information content (AvgIpc) is 3.15. The Labute approximate surface area is 139 Å². The molecule has 7 nitrogen and oxygen atoms in total. The van der Waals surface area contributed by atoms with Gasteiger partial charge in [0, 0.05) is 11.7 Å². The number of likely N-dealkylation sites (tertiary alicyclic amines) is 1. The molecule has 0 spiro atoms. The van der Waals surface area contributed by atoms with E-state index in [1.165, 1.54) is 17.0 Å². The molecule has 2 aromatic heterocycles. The monoisotopic (exact) mass is 334 g/mol. The van der Waals surface area contributed by atoms with Gasteiger partial charge in [0.25, 0.3) is 0 Å². The summed E-state index contributed by atoms with van der Waals surface area (Å²) in [6, 6.07) is 2.44. The van der Waals surface area contributed by atoms with Gasteiger partial charge in [-0.05, 0) is 46.2 Å². The highest BCUT2D eigenvalue weighted by Crippen LogP contribution is 2.20. The molecule has 8 heteroatoms. The first kappa shape index (κ1) is 16.1. The molecule has 3 heterocycles. The third-order valence-electron chi connectivity index (χ3n) is 4.11. The molecule has 0 unspecified atom stereocenters. The van der Waals surface area contributed by atoms with E-state index in [9.17, 15) is 4.79 Å². The van der Waals surface area contributed by atoms with Crippen LogP contribution in [-0.2, 0) is 11.3 Å². The molecular formula is C15H22N6OS. The Hall–Kier alpha value is -1.80. The molecule has 1 N–H and O–H groups in total. The van der Waals surface area contributed by atoms with Crippen LogP contribution in [0.1, 0.15) is 29.2 Å². The van der Waals surface area contributed by atoms with Gasteiger partial charge in [-0.3, -0.25) is 19.7 Å². The Morgan fingerprint density at radius 1 is 1.39 bits per heavy atom. The minimum Gasteiger partial charge on any atom is -0.299 e. The highest BCUT2D eigenvalue weighted by molar-refractivity contribution is 7.15. The molecule has 1 fully saturated rings. The Kier molecular flexibility index (Phi) is 4.72. The first-order valence-corrected chi connectivity index (χ1v) is 8.68. The van der Waals surface area contributed by atoms with Gasteiger partial charge in [-0.15, -0.1) is 10.2 Å². The van der Waals surface area contributed by atoms with E-state index in [2.05, 4.69) is 38.5 Å². The van der Waals surface area contributed by atoms with Crippen molar-refractivity contribution in [1.82, 2.24) is 24.9 Å². The van der Waals surface area contributed by atoms with Crippen molar-refractivity contribution in [1.29, 1.82) is 0 Å². The maximum Gasteiger partial charge on any atom is 0.240 e. The fourth-order valence-corrected chi connectivity index (χ4v) is 3.67. The van der Waals surface area contributed by atoms with Gasteiger partial charge in [0.15, 0.2) is 0 Å². The highest BCUT2D eigenvalue weighted by Gasteiger charge is 2.27. The zero-order valence-electron chi connectivity index (χ0n) is 13.7. The molecule has 1 aliphatic rings. The normalized spacial score (nSPS) is 18.5. The Balaban J connectivity index is 1.58. The van der Waals surface area contributed by atoms with Crippen LogP contribution in [0.15, 0.2) is 6.07 Å². The lowest BCUT2D eigenvalue weighted by Crippen LogP contribution is -2.39. The first-order chi connectivity index (χ1) is 11.0. The van der Waals surface area contributed by atoms with Crippen LogP contribution in [0.5, 0.6) is 0 Å². The van der Waals surface area contributed by atoms with Crippen molar-refractivity contribution in [3.05, 3.63) is 22.5 Å². The molecule has 2 aromatic rings. The number of nitrogens with one attached hydrogen (secondary N) is 1. The number of carbonyl (C=O) groups is 1. The van der Waals surface area contributed by atoms with Crippen molar-refractivity contribution in [3.8, 4) is 0 Å². The third kappa shape index (κ3) is 3.94. The van der Waals surface area contributed by atoms with Crippen LogP contribution in [0.25, 0.3) is 0 Å². The van der Waals surface area contributed by atoms with Gasteiger partial charge in [-0.25, -0.2) is 0 Å². The van der Waals surface area contributed by atoms with Gasteiger partial charge >= 0.3 is 0 Å². The van der Waals surface area contributed by atoms with Crippen LogP contribution in [0.2, 0.25) is 0 Å². The van der Waals surface area contributed by atoms with Crippen LogP contribution in [0, 0.1) is 20.8 Å². The summed E-state index contributed by atoms with van der Waals surface area (Å²) in [4.78, 5) is 14.4. The zero-order valence-corrected chi connectivity index (χ0v) is 14.6. The van der Waals surface area contributed by atoms with Crippen LogP contribution < -0.4 is 5.32 Å². The van der Waals surface area contributed by atoms with E-state index >= 15 is 0 Å². The van der Waals surface area contributed by atoms with Crippen molar-refractivity contribution in [2.24, 2.45) is 0 Å². The van der Waals surface area contributed by atoms with Crippen molar-refractivity contribution in [2.75, 3.05) is 18.4 Å². The van der Waals surface area contributed by atoms with Crippen LogP contribution in [-0.4, -0.2) is 49.9 Å². The summed E-state index contributed by atoms with van der Waals surface area (Å²) in [5, 5.41) is 16.6. The van der Waals surface area contributed by atoms with Gasteiger partial charge < -0.3 is 0 Å². The molecule has 0 aromatic carbocycles. The number of amides is 1. The Morgan fingerprint density at radius 2 is 2.22 bits per heavy atom. The molecule has 23 heavy (non-hydrogen) atoms. The van der Waals surface area contributed by atoms with Crippen LogP contribution in [0.4, 0.5) is 5.13 Å². The maximum absolute atomic E-state index is 12.2. The number of rotatable bonds is 5. The van der Waals surface area contributed by atoms with Gasteiger partial charge in [-0.1, -0.05) is 11.3 Å². The predicted octanol–water partition coefficient (Wildman–Crippen LogP) is 1.76. The molecule has 0 saturated carbocycles. The highest BCUT2D eigenvalue weighted by atomic mass is 32.1. The lowest BCUT2D eigenvalue weighted by atomic mass is 10.2. The molecule has 124 valence electrons. The lowest BCUT2D eigenvalue weighted by molar-refractivity contribution is -0.117. The number of nitrogens with zero attached hydrogens (tertiary/aromatic N) is 5. The minimum atomic E-state index is -0.0265. The van der Waals surface area contributed by atoms with Crippen molar-refractivity contribution in [3.63, 3.8) is 0 Å². The predicted molar refractivity (Wildman–Crippen MR) is 89.6 cm³/mol. The number of hydrogen-bond acceptors (Lipinski definition) is 6. The summed E-state index contributed by atoms with van der Waals surface area (Å²) < 4.78 is 2.05. The summed E-state index contributed by atoms with van der Waals surface area (Å²) in [5.41, 5.74) is 2.21. The molecule has 0 bridgehead atoms. The third-order valence-corrected chi connectivity index (χ3v) is 4.86. The van der Waals surface area contributed by atoms with E-state index in [1.54, 1.807) is 0 Å². The largest absolute Gasteiger partial charge is 0.299 e. The van der Waals surface area contributed by atoms with Gasteiger partial charge in [-0.2, -0.15) is 5.10 Å². The number of aryl methyl sites for hydroxylation is 3. The summed E-state index contributed by atoms with van der Waals surface area (Å²) in [5.74, 6) is -0.0265. The maximum atomic E-state index is 12.2. The number of anilines is 1. The minimum absolute atomic E-state index is 0.0265.